The molecule has 0 saturated carbocycles. The van der Waals surface area contributed by atoms with Crippen molar-refractivity contribution in [3.05, 3.63) is 42.4 Å². The van der Waals surface area contributed by atoms with E-state index in [1.165, 1.54) is 6.33 Å². The van der Waals surface area contributed by atoms with Crippen molar-refractivity contribution in [1.82, 2.24) is 9.97 Å². The molecule has 0 aliphatic rings. The molecule has 0 saturated heterocycles. The maximum Gasteiger partial charge on any atom is 0.157 e. The van der Waals surface area contributed by atoms with E-state index in [9.17, 15) is 0 Å². The van der Waals surface area contributed by atoms with Crippen LogP contribution in [-0.4, -0.2) is 9.97 Å². The Morgan fingerprint density at radius 2 is 1.94 bits per heavy atom. The van der Waals surface area contributed by atoms with E-state index in [0.29, 0.717) is 17.2 Å². The lowest BCUT2D eigenvalue weighted by atomic mass is 10.3. The molecule has 0 spiro atoms. The van der Waals surface area contributed by atoms with Crippen LogP contribution in [0.5, 0.6) is 0 Å². The lowest BCUT2D eigenvalue weighted by molar-refractivity contribution is 1.09. The highest BCUT2D eigenvalue weighted by Crippen LogP contribution is 2.22. The Morgan fingerprint density at radius 1 is 1.19 bits per heavy atom. The molecule has 0 aliphatic heterocycles. The molecule has 4 nitrogen and oxygen atoms in total. The smallest absolute Gasteiger partial charge is 0.157 e. The molecule has 1 aromatic heterocycles. The summed E-state index contributed by atoms with van der Waals surface area (Å²) in [5.41, 5.74) is 7.92. The second-order valence-corrected chi connectivity index (χ2v) is 3.47. The summed E-state index contributed by atoms with van der Waals surface area (Å²) in [5.74, 6) is 0.856. The summed E-state index contributed by atoms with van der Waals surface area (Å²) in [6.07, 6.45) is 1.44. The van der Waals surface area contributed by atoms with Gasteiger partial charge in [0.25, 0.3) is 0 Å². The van der Waals surface area contributed by atoms with Gasteiger partial charge >= 0.3 is 0 Å². The third-order valence-corrected chi connectivity index (χ3v) is 2.38. The third kappa shape index (κ3) is 2.23. The number of para-hydroxylation sites is 1. The van der Waals surface area contributed by atoms with Crippen LogP contribution in [0.4, 0.5) is 17.2 Å². The number of anilines is 3. The van der Waals surface area contributed by atoms with Gasteiger partial charge in [0.05, 0.1) is 17.3 Å². The normalized spacial score (nSPS) is 10.1. The zero-order valence-electron chi connectivity index (χ0n) is 8.52. The number of nitrogen functional groups attached to an aromatic ring is 1. The number of benzene rings is 1. The van der Waals surface area contributed by atoms with Crippen LogP contribution in [0.3, 0.4) is 0 Å². The topological polar surface area (TPSA) is 63.8 Å². The molecule has 0 amide bonds. The fourth-order valence-corrected chi connectivity index (χ4v) is 1.51. The minimum absolute atomic E-state index is 0.276. The van der Waals surface area contributed by atoms with Crippen LogP contribution >= 0.6 is 11.6 Å². The van der Waals surface area contributed by atoms with Crippen LogP contribution in [0.2, 0.25) is 0 Å². The first-order valence-electron chi connectivity index (χ1n) is 4.78. The average molecular weight is 235 g/mol. The van der Waals surface area contributed by atoms with Crippen LogP contribution in [-0.2, 0) is 5.88 Å². The molecule has 0 atom stereocenters. The largest absolute Gasteiger partial charge is 0.394 e. The van der Waals surface area contributed by atoms with Gasteiger partial charge in [-0.15, -0.1) is 11.6 Å². The van der Waals surface area contributed by atoms with E-state index < -0.39 is 0 Å². The molecule has 5 heteroatoms. The molecular formula is C11H11ClN4. The molecule has 0 unspecified atom stereocenters. The summed E-state index contributed by atoms with van der Waals surface area (Å²) in [5, 5.41) is 3.11. The molecule has 3 N–H and O–H groups in total. The monoisotopic (exact) mass is 234 g/mol. The van der Waals surface area contributed by atoms with Crippen LogP contribution in [0.25, 0.3) is 0 Å². The minimum atomic E-state index is 0.276. The highest BCUT2D eigenvalue weighted by Gasteiger charge is 2.06. The van der Waals surface area contributed by atoms with Gasteiger partial charge in [0.15, 0.2) is 5.82 Å². The lowest BCUT2D eigenvalue weighted by Gasteiger charge is -2.09. The molecule has 16 heavy (non-hydrogen) atoms. The molecular weight excluding hydrogens is 224 g/mol. The summed E-state index contributed by atoms with van der Waals surface area (Å²) in [6.45, 7) is 0. The predicted octanol–water partition coefficient (Wildman–Crippen LogP) is 2.54. The van der Waals surface area contributed by atoms with Crippen molar-refractivity contribution in [2.24, 2.45) is 0 Å². The number of nitrogens with one attached hydrogen (secondary N) is 1. The van der Waals surface area contributed by atoms with Gasteiger partial charge in [-0.25, -0.2) is 9.97 Å². The van der Waals surface area contributed by atoms with E-state index in [1.54, 1.807) is 0 Å². The zero-order valence-corrected chi connectivity index (χ0v) is 9.28. The first-order valence-corrected chi connectivity index (χ1v) is 5.32. The highest BCUT2D eigenvalue weighted by molar-refractivity contribution is 6.17. The van der Waals surface area contributed by atoms with Gasteiger partial charge in [-0.3, -0.25) is 0 Å². The Labute approximate surface area is 98.5 Å². The summed E-state index contributed by atoms with van der Waals surface area (Å²) in [7, 11) is 0. The molecule has 1 aromatic carbocycles. The SMILES string of the molecule is Nc1c(CCl)ncnc1Nc1ccccc1. The Balaban J connectivity index is 2.28. The van der Waals surface area contributed by atoms with Crippen LogP contribution in [0, 0.1) is 0 Å². The Bertz CT molecular complexity index is 473. The maximum atomic E-state index is 5.87. The van der Waals surface area contributed by atoms with E-state index in [2.05, 4.69) is 15.3 Å². The van der Waals surface area contributed by atoms with E-state index in [-0.39, 0.29) is 5.88 Å². The second kappa shape index (κ2) is 4.81. The number of hydrogen-bond donors (Lipinski definition) is 2. The van der Waals surface area contributed by atoms with Gasteiger partial charge < -0.3 is 11.1 Å². The van der Waals surface area contributed by atoms with Crippen molar-refractivity contribution in [1.29, 1.82) is 0 Å². The molecule has 0 bridgehead atoms. The standard InChI is InChI=1S/C11H11ClN4/c12-6-9-10(13)11(15-7-14-9)16-8-4-2-1-3-5-8/h1-5,7H,6,13H2,(H,14,15,16). The number of nitrogens with two attached hydrogens (primary N) is 1. The summed E-state index contributed by atoms with van der Waals surface area (Å²) in [4.78, 5) is 8.07. The van der Waals surface area contributed by atoms with Crippen LogP contribution < -0.4 is 11.1 Å². The number of alkyl halides is 1. The first-order chi connectivity index (χ1) is 7.81. The van der Waals surface area contributed by atoms with Crippen molar-refractivity contribution < 1.29 is 0 Å². The predicted molar refractivity (Wildman–Crippen MR) is 65.7 cm³/mol. The second-order valence-electron chi connectivity index (χ2n) is 3.21. The highest BCUT2D eigenvalue weighted by atomic mass is 35.5. The van der Waals surface area contributed by atoms with Crippen LogP contribution in [0.15, 0.2) is 36.7 Å². The number of nitrogens with zero attached hydrogens (tertiary/aromatic N) is 2. The van der Waals surface area contributed by atoms with Gasteiger partial charge in [0, 0.05) is 5.69 Å². The molecule has 2 aromatic rings. The number of rotatable bonds is 3. The van der Waals surface area contributed by atoms with Crippen molar-refractivity contribution >= 4 is 28.8 Å². The Kier molecular flexibility index (Phi) is 3.22. The molecule has 0 aliphatic carbocycles. The average Bonchev–Trinajstić information content (AvgIpc) is 2.33. The summed E-state index contributed by atoms with van der Waals surface area (Å²) >= 11 is 5.71. The maximum absolute atomic E-state index is 5.87. The molecule has 0 fully saturated rings. The van der Waals surface area contributed by atoms with Gasteiger partial charge in [-0.1, -0.05) is 18.2 Å². The van der Waals surface area contributed by atoms with Gasteiger partial charge in [0.2, 0.25) is 0 Å². The summed E-state index contributed by atoms with van der Waals surface area (Å²) < 4.78 is 0. The Hall–Kier alpha value is -1.81. The van der Waals surface area contributed by atoms with Crippen molar-refractivity contribution in [2.75, 3.05) is 11.1 Å². The van der Waals surface area contributed by atoms with E-state index in [1.807, 2.05) is 30.3 Å². The number of hydrogen-bond acceptors (Lipinski definition) is 4. The lowest BCUT2D eigenvalue weighted by Crippen LogP contribution is -2.03. The van der Waals surface area contributed by atoms with E-state index >= 15 is 0 Å². The zero-order chi connectivity index (χ0) is 11.4. The fraction of sp³-hybridized carbons (Fsp3) is 0.0909. The van der Waals surface area contributed by atoms with Crippen molar-refractivity contribution in [2.45, 2.75) is 5.88 Å². The molecule has 2 rings (SSSR count). The quantitative estimate of drug-likeness (QED) is 0.802. The first kappa shape index (κ1) is 10.7. The van der Waals surface area contributed by atoms with Gasteiger partial charge in [-0.05, 0) is 12.1 Å². The van der Waals surface area contributed by atoms with E-state index in [0.717, 1.165) is 5.69 Å². The fourth-order valence-electron chi connectivity index (χ4n) is 1.30. The molecule has 1 heterocycles. The third-order valence-electron chi connectivity index (χ3n) is 2.13. The van der Waals surface area contributed by atoms with Crippen LogP contribution in [0.1, 0.15) is 5.69 Å². The van der Waals surface area contributed by atoms with Gasteiger partial charge in [0.1, 0.15) is 6.33 Å². The molecule has 0 radical (unpaired) electrons. The molecule has 82 valence electrons. The minimum Gasteiger partial charge on any atom is -0.394 e. The van der Waals surface area contributed by atoms with Crippen molar-refractivity contribution in [3.63, 3.8) is 0 Å². The Morgan fingerprint density at radius 3 is 2.62 bits per heavy atom. The number of halogens is 1. The number of aromatic nitrogens is 2. The van der Waals surface area contributed by atoms with Crippen molar-refractivity contribution in [3.8, 4) is 0 Å². The summed E-state index contributed by atoms with van der Waals surface area (Å²) in [6, 6.07) is 9.67. The van der Waals surface area contributed by atoms with E-state index in [4.69, 9.17) is 17.3 Å². The van der Waals surface area contributed by atoms with Gasteiger partial charge in [-0.2, -0.15) is 0 Å².